The number of aromatic nitrogens is 1. The van der Waals surface area contributed by atoms with E-state index in [9.17, 15) is 10.1 Å². The topological polar surface area (TPSA) is 59.3 Å². The summed E-state index contributed by atoms with van der Waals surface area (Å²) in [5.74, 6) is 0.523. The Balaban J connectivity index is 2.29. The lowest BCUT2D eigenvalue weighted by molar-refractivity contribution is -0.384. The van der Waals surface area contributed by atoms with Gasteiger partial charge in [-0.1, -0.05) is 17.7 Å². The first-order valence-electron chi connectivity index (χ1n) is 5.69. The molecule has 100 valence electrons. The minimum Gasteiger partial charge on any atom is -0.351 e. The molecule has 2 heterocycles. The first-order chi connectivity index (χ1) is 9.10. The number of pyridine rings is 1. The number of anilines is 1. The van der Waals surface area contributed by atoms with Crippen molar-refractivity contribution in [3.8, 4) is 0 Å². The summed E-state index contributed by atoms with van der Waals surface area (Å²) in [5.41, 5.74) is -0.0420. The van der Waals surface area contributed by atoms with Crippen molar-refractivity contribution in [2.75, 3.05) is 11.4 Å². The van der Waals surface area contributed by atoms with Crippen LogP contribution in [0.2, 0.25) is 5.15 Å². The van der Waals surface area contributed by atoms with E-state index in [1.54, 1.807) is 11.3 Å². The summed E-state index contributed by atoms with van der Waals surface area (Å²) in [4.78, 5) is 17.7. The van der Waals surface area contributed by atoms with Crippen molar-refractivity contribution in [3.05, 3.63) is 49.8 Å². The van der Waals surface area contributed by atoms with E-state index in [0.29, 0.717) is 18.9 Å². The number of thiophene rings is 1. The van der Waals surface area contributed by atoms with Gasteiger partial charge in [0.25, 0.3) is 5.69 Å². The predicted octanol–water partition coefficient (Wildman–Crippen LogP) is 3.73. The van der Waals surface area contributed by atoms with Gasteiger partial charge < -0.3 is 4.90 Å². The Morgan fingerprint density at radius 1 is 1.53 bits per heavy atom. The normalized spacial score (nSPS) is 10.4. The van der Waals surface area contributed by atoms with Crippen molar-refractivity contribution in [1.29, 1.82) is 0 Å². The van der Waals surface area contributed by atoms with Gasteiger partial charge in [0.2, 0.25) is 0 Å². The van der Waals surface area contributed by atoms with E-state index in [1.807, 2.05) is 29.3 Å². The van der Waals surface area contributed by atoms with Crippen LogP contribution in [0.5, 0.6) is 0 Å². The number of rotatable bonds is 5. The van der Waals surface area contributed by atoms with Gasteiger partial charge in [-0.25, -0.2) is 4.98 Å². The first-order valence-corrected chi connectivity index (χ1v) is 6.95. The highest BCUT2D eigenvalue weighted by atomic mass is 35.5. The van der Waals surface area contributed by atoms with Gasteiger partial charge in [0, 0.05) is 11.4 Å². The van der Waals surface area contributed by atoms with E-state index < -0.39 is 4.92 Å². The standard InChI is InChI=1S/C12H12ClN3O2S/c1-2-15(8-10-4-3-5-19-10)12-7-9(16(17)18)6-11(13)14-12/h3-7H,2,8H2,1H3. The molecule has 19 heavy (non-hydrogen) atoms. The molecule has 0 aliphatic heterocycles. The second-order valence-corrected chi connectivity index (χ2v) is 5.28. The van der Waals surface area contributed by atoms with Crippen molar-refractivity contribution in [3.63, 3.8) is 0 Å². The second kappa shape index (κ2) is 5.99. The van der Waals surface area contributed by atoms with E-state index in [2.05, 4.69) is 4.98 Å². The first kappa shape index (κ1) is 13.8. The van der Waals surface area contributed by atoms with Crippen LogP contribution < -0.4 is 4.90 Å². The minimum absolute atomic E-state index is 0.0420. The molecule has 0 aromatic carbocycles. The molecule has 2 aromatic heterocycles. The zero-order valence-electron chi connectivity index (χ0n) is 10.2. The molecule has 0 unspecified atom stereocenters. The van der Waals surface area contributed by atoms with Gasteiger partial charge in [0.15, 0.2) is 0 Å². The quantitative estimate of drug-likeness (QED) is 0.479. The lowest BCUT2D eigenvalue weighted by Gasteiger charge is -2.21. The van der Waals surface area contributed by atoms with E-state index in [1.165, 1.54) is 17.0 Å². The average molecular weight is 298 g/mol. The van der Waals surface area contributed by atoms with Crippen LogP contribution in [0.1, 0.15) is 11.8 Å². The highest BCUT2D eigenvalue weighted by Gasteiger charge is 2.14. The third kappa shape index (κ3) is 3.42. The van der Waals surface area contributed by atoms with Crippen molar-refractivity contribution >= 4 is 34.4 Å². The Bertz CT molecular complexity index is 574. The van der Waals surface area contributed by atoms with Crippen molar-refractivity contribution < 1.29 is 4.92 Å². The number of hydrogen-bond acceptors (Lipinski definition) is 5. The lowest BCUT2D eigenvalue weighted by atomic mass is 10.3. The molecule has 0 atom stereocenters. The average Bonchev–Trinajstić information content (AvgIpc) is 2.88. The van der Waals surface area contributed by atoms with Crippen LogP contribution in [0.3, 0.4) is 0 Å². The molecular weight excluding hydrogens is 286 g/mol. The number of hydrogen-bond donors (Lipinski definition) is 0. The molecule has 0 amide bonds. The predicted molar refractivity (Wildman–Crippen MR) is 76.9 cm³/mol. The fourth-order valence-electron chi connectivity index (χ4n) is 1.68. The second-order valence-electron chi connectivity index (χ2n) is 3.86. The van der Waals surface area contributed by atoms with Gasteiger partial charge in [-0.2, -0.15) is 0 Å². The molecular formula is C12H12ClN3O2S. The van der Waals surface area contributed by atoms with Gasteiger partial charge in [0.1, 0.15) is 11.0 Å². The molecule has 0 aliphatic carbocycles. The number of nitrogens with zero attached hydrogens (tertiary/aromatic N) is 3. The van der Waals surface area contributed by atoms with Crippen LogP contribution in [-0.2, 0) is 6.54 Å². The summed E-state index contributed by atoms with van der Waals surface area (Å²) in [6, 6.07) is 6.70. The van der Waals surface area contributed by atoms with Gasteiger partial charge in [-0.05, 0) is 18.4 Å². The van der Waals surface area contributed by atoms with Crippen LogP contribution in [-0.4, -0.2) is 16.5 Å². The van der Waals surface area contributed by atoms with Crippen LogP contribution >= 0.6 is 22.9 Å². The largest absolute Gasteiger partial charge is 0.351 e. The van der Waals surface area contributed by atoms with Gasteiger partial charge in [-0.3, -0.25) is 10.1 Å². The Labute approximate surface area is 119 Å². The summed E-state index contributed by atoms with van der Waals surface area (Å²) < 4.78 is 0. The lowest BCUT2D eigenvalue weighted by Crippen LogP contribution is -2.22. The monoisotopic (exact) mass is 297 g/mol. The number of nitro groups is 1. The zero-order chi connectivity index (χ0) is 13.8. The molecule has 0 aliphatic rings. The van der Waals surface area contributed by atoms with Gasteiger partial charge in [0.05, 0.1) is 23.6 Å². The third-order valence-corrected chi connectivity index (χ3v) is 3.66. The van der Waals surface area contributed by atoms with E-state index in [-0.39, 0.29) is 10.8 Å². The van der Waals surface area contributed by atoms with Crippen molar-refractivity contribution in [1.82, 2.24) is 4.98 Å². The molecule has 7 heteroatoms. The van der Waals surface area contributed by atoms with E-state index >= 15 is 0 Å². The van der Waals surface area contributed by atoms with Gasteiger partial charge in [-0.15, -0.1) is 11.3 Å². The van der Waals surface area contributed by atoms with E-state index in [4.69, 9.17) is 11.6 Å². The highest BCUT2D eigenvalue weighted by molar-refractivity contribution is 7.09. The summed E-state index contributed by atoms with van der Waals surface area (Å²) in [6.45, 7) is 3.34. The number of halogens is 1. The van der Waals surface area contributed by atoms with Gasteiger partial charge >= 0.3 is 0 Å². The molecule has 0 bridgehead atoms. The fraction of sp³-hybridized carbons (Fsp3) is 0.250. The molecule has 0 radical (unpaired) electrons. The Hall–Kier alpha value is -1.66. The summed E-state index contributed by atoms with van der Waals surface area (Å²) in [6.07, 6.45) is 0. The summed E-state index contributed by atoms with van der Waals surface area (Å²) >= 11 is 7.48. The molecule has 0 saturated heterocycles. The Morgan fingerprint density at radius 2 is 2.32 bits per heavy atom. The highest BCUT2D eigenvalue weighted by Crippen LogP contribution is 2.25. The van der Waals surface area contributed by atoms with Crippen LogP contribution in [0.4, 0.5) is 11.5 Å². The summed E-state index contributed by atoms with van der Waals surface area (Å²) in [5, 5.41) is 13.0. The molecule has 0 N–H and O–H groups in total. The molecule has 5 nitrogen and oxygen atoms in total. The van der Waals surface area contributed by atoms with E-state index in [0.717, 1.165) is 0 Å². The SMILES string of the molecule is CCN(Cc1cccs1)c1cc([N+](=O)[O-])cc(Cl)n1. The Morgan fingerprint density at radius 3 is 2.89 bits per heavy atom. The zero-order valence-corrected chi connectivity index (χ0v) is 11.8. The fourth-order valence-corrected chi connectivity index (χ4v) is 2.60. The smallest absolute Gasteiger partial charge is 0.276 e. The summed E-state index contributed by atoms with van der Waals surface area (Å²) in [7, 11) is 0. The maximum Gasteiger partial charge on any atom is 0.276 e. The van der Waals surface area contributed by atoms with Crippen LogP contribution in [0.15, 0.2) is 29.6 Å². The molecule has 0 fully saturated rings. The van der Waals surface area contributed by atoms with Crippen LogP contribution in [0, 0.1) is 10.1 Å². The van der Waals surface area contributed by atoms with Crippen LogP contribution in [0.25, 0.3) is 0 Å². The third-order valence-electron chi connectivity index (χ3n) is 2.61. The maximum atomic E-state index is 10.8. The van der Waals surface area contributed by atoms with Crippen molar-refractivity contribution in [2.24, 2.45) is 0 Å². The van der Waals surface area contributed by atoms with Crippen molar-refractivity contribution in [2.45, 2.75) is 13.5 Å². The molecule has 0 saturated carbocycles. The molecule has 2 aromatic rings. The molecule has 0 spiro atoms. The molecule has 2 rings (SSSR count). The minimum atomic E-state index is -0.462. The maximum absolute atomic E-state index is 10.8. The Kier molecular flexibility index (Phi) is 4.34.